The Morgan fingerprint density at radius 1 is 1.55 bits per heavy atom. The summed E-state index contributed by atoms with van der Waals surface area (Å²) in [7, 11) is 0. The largest absolute Gasteiger partial charge is 0.377 e. The van der Waals surface area contributed by atoms with Crippen molar-refractivity contribution in [2.24, 2.45) is 0 Å². The molecule has 0 rings (SSSR count). The van der Waals surface area contributed by atoms with Gasteiger partial charge >= 0.3 is 0 Å². The van der Waals surface area contributed by atoms with Gasteiger partial charge in [0.15, 0.2) is 0 Å². The smallest absolute Gasteiger partial charge is 0.133 e. The lowest BCUT2D eigenvalue weighted by Gasteiger charge is -1.91. The molecule has 1 nitrogen and oxygen atoms in total. The van der Waals surface area contributed by atoms with Crippen molar-refractivity contribution >= 4 is 0 Å². The Morgan fingerprint density at radius 3 is 2.82 bits per heavy atom. The Labute approximate surface area is 69.1 Å². The van der Waals surface area contributed by atoms with E-state index in [1.54, 1.807) is 0 Å². The number of hydrogen-bond acceptors (Lipinski definition) is 1. The molecule has 0 saturated carbocycles. The fourth-order valence-corrected chi connectivity index (χ4v) is 0.699. The Balaban J connectivity index is 3.32. The van der Waals surface area contributed by atoms with Crippen molar-refractivity contribution in [2.45, 2.75) is 38.7 Å². The van der Waals surface area contributed by atoms with E-state index in [0.29, 0.717) is 0 Å². The first kappa shape index (κ1) is 10.3. The van der Waals surface area contributed by atoms with Crippen LogP contribution in [0, 0.1) is 11.8 Å². The molecule has 0 aliphatic carbocycles. The normalized spacial score (nSPS) is 11.5. The van der Waals surface area contributed by atoms with Gasteiger partial charge in [-0.15, -0.1) is 5.92 Å². The highest BCUT2D eigenvalue weighted by molar-refractivity contribution is 5.10. The SMILES string of the molecule is C=CC(O)C#CCCCCC. The molecular formula is C10H16O. The van der Waals surface area contributed by atoms with Crippen molar-refractivity contribution in [3.05, 3.63) is 12.7 Å². The van der Waals surface area contributed by atoms with Crippen LogP contribution in [0.3, 0.4) is 0 Å². The van der Waals surface area contributed by atoms with E-state index in [9.17, 15) is 0 Å². The second kappa shape index (κ2) is 7.37. The molecule has 0 radical (unpaired) electrons. The minimum atomic E-state index is -0.642. The Morgan fingerprint density at radius 2 is 2.27 bits per heavy atom. The molecular weight excluding hydrogens is 136 g/mol. The summed E-state index contributed by atoms with van der Waals surface area (Å²) in [4.78, 5) is 0. The molecule has 0 spiro atoms. The van der Waals surface area contributed by atoms with Crippen LogP contribution in [0.1, 0.15) is 32.6 Å². The van der Waals surface area contributed by atoms with Crippen molar-refractivity contribution < 1.29 is 5.11 Å². The van der Waals surface area contributed by atoms with Gasteiger partial charge in [-0.2, -0.15) is 0 Å². The fourth-order valence-electron chi connectivity index (χ4n) is 0.699. The maximum Gasteiger partial charge on any atom is 0.133 e. The summed E-state index contributed by atoms with van der Waals surface area (Å²) < 4.78 is 0. The Kier molecular flexibility index (Phi) is 6.87. The summed E-state index contributed by atoms with van der Waals surface area (Å²) in [5, 5.41) is 8.92. The highest BCUT2D eigenvalue weighted by Gasteiger charge is 1.86. The van der Waals surface area contributed by atoms with Crippen molar-refractivity contribution in [3.8, 4) is 11.8 Å². The summed E-state index contributed by atoms with van der Waals surface area (Å²) in [6.07, 6.45) is 5.25. The maximum atomic E-state index is 8.92. The number of unbranched alkanes of at least 4 members (excludes halogenated alkanes) is 3. The van der Waals surface area contributed by atoms with Crippen molar-refractivity contribution in [1.29, 1.82) is 0 Å². The topological polar surface area (TPSA) is 20.2 Å². The standard InChI is InChI=1S/C10H16O/c1-3-5-6-7-8-9-10(11)4-2/h4,10-11H,2-3,5-7H2,1H3. The Bertz CT molecular complexity index is 150. The van der Waals surface area contributed by atoms with Gasteiger partial charge in [0.25, 0.3) is 0 Å². The third-order valence-corrected chi connectivity index (χ3v) is 1.38. The average Bonchev–Trinajstić information content (AvgIpc) is 2.04. The second-order valence-corrected chi connectivity index (χ2v) is 2.46. The minimum absolute atomic E-state index is 0.642. The van der Waals surface area contributed by atoms with Crippen LogP contribution in [0.25, 0.3) is 0 Å². The molecule has 62 valence electrons. The van der Waals surface area contributed by atoms with Gasteiger partial charge in [0.05, 0.1) is 0 Å². The molecule has 1 atom stereocenters. The van der Waals surface area contributed by atoms with E-state index in [4.69, 9.17) is 5.11 Å². The summed E-state index contributed by atoms with van der Waals surface area (Å²) in [5.74, 6) is 5.58. The van der Waals surface area contributed by atoms with Crippen LogP contribution < -0.4 is 0 Å². The predicted molar refractivity (Wildman–Crippen MR) is 48.1 cm³/mol. The minimum Gasteiger partial charge on any atom is -0.377 e. The van der Waals surface area contributed by atoms with Gasteiger partial charge < -0.3 is 5.11 Å². The van der Waals surface area contributed by atoms with Gasteiger partial charge in [-0.3, -0.25) is 0 Å². The molecule has 0 aliphatic heterocycles. The first-order valence-electron chi connectivity index (χ1n) is 4.10. The third kappa shape index (κ3) is 7.15. The number of rotatable bonds is 4. The first-order chi connectivity index (χ1) is 5.31. The third-order valence-electron chi connectivity index (χ3n) is 1.38. The zero-order chi connectivity index (χ0) is 8.53. The summed E-state index contributed by atoms with van der Waals surface area (Å²) >= 11 is 0. The van der Waals surface area contributed by atoms with Gasteiger partial charge in [-0.05, 0) is 6.42 Å². The van der Waals surface area contributed by atoms with Gasteiger partial charge in [-0.1, -0.05) is 38.3 Å². The molecule has 0 heterocycles. The molecule has 0 aromatic rings. The molecule has 11 heavy (non-hydrogen) atoms. The molecule has 1 heteroatoms. The zero-order valence-corrected chi connectivity index (χ0v) is 7.14. The molecule has 0 aromatic carbocycles. The van der Waals surface area contributed by atoms with Crippen LogP contribution in [0.15, 0.2) is 12.7 Å². The molecule has 0 aliphatic rings. The molecule has 0 bridgehead atoms. The van der Waals surface area contributed by atoms with Crippen molar-refractivity contribution in [1.82, 2.24) is 0 Å². The van der Waals surface area contributed by atoms with E-state index in [1.807, 2.05) is 0 Å². The van der Waals surface area contributed by atoms with Crippen LogP contribution in [-0.4, -0.2) is 11.2 Å². The highest BCUT2D eigenvalue weighted by Crippen LogP contribution is 1.96. The summed E-state index contributed by atoms with van der Waals surface area (Å²) in [5.41, 5.74) is 0. The Hall–Kier alpha value is -0.740. The lowest BCUT2D eigenvalue weighted by molar-refractivity contribution is 0.281. The summed E-state index contributed by atoms with van der Waals surface area (Å²) in [6.45, 7) is 5.58. The van der Waals surface area contributed by atoms with E-state index in [-0.39, 0.29) is 0 Å². The van der Waals surface area contributed by atoms with Gasteiger partial charge in [0.1, 0.15) is 6.10 Å². The molecule has 0 fully saturated rings. The number of hydrogen-bond donors (Lipinski definition) is 1. The fraction of sp³-hybridized carbons (Fsp3) is 0.600. The lowest BCUT2D eigenvalue weighted by Crippen LogP contribution is -1.94. The summed E-state index contributed by atoms with van der Waals surface area (Å²) in [6, 6.07) is 0. The van der Waals surface area contributed by atoms with Crippen molar-refractivity contribution in [3.63, 3.8) is 0 Å². The van der Waals surface area contributed by atoms with E-state index < -0.39 is 6.10 Å². The molecule has 1 N–H and O–H groups in total. The van der Waals surface area contributed by atoms with Crippen LogP contribution in [-0.2, 0) is 0 Å². The van der Waals surface area contributed by atoms with Crippen LogP contribution in [0.2, 0.25) is 0 Å². The average molecular weight is 152 g/mol. The maximum absolute atomic E-state index is 8.92. The van der Waals surface area contributed by atoms with E-state index >= 15 is 0 Å². The quantitative estimate of drug-likeness (QED) is 0.371. The number of aliphatic hydroxyl groups excluding tert-OH is 1. The van der Waals surface area contributed by atoms with Crippen LogP contribution in [0.4, 0.5) is 0 Å². The van der Waals surface area contributed by atoms with Crippen molar-refractivity contribution in [2.75, 3.05) is 0 Å². The van der Waals surface area contributed by atoms with Crippen LogP contribution in [0.5, 0.6) is 0 Å². The predicted octanol–water partition coefficient (Wildman–Crippen LogP) is 2.12. The first-order valence-corrected chi connectivity index (χ1v) is 4.10. The number of aliphatic hydroxyl groups is 1. The van der Waals surface area contributed by atoms with Gasteiger partial charge in [0.2, 0.25) is 0 Å². The molecule has 0 aromatic heterocycles. The van der Waals surface area contributed by atoms with E-state index in [0.717, 1.165) is 12.8 Å². The monoisotopic (exact) mass is 152 g/mol. The molecule has 0 saturated heterocycles. The van der Waals surface area contributed by atoms with Gasteiger partial charge in [0, 0.05) is 6.42 Å². The second-order valence-electron chi connectivity index (χ2n) is 2.46. The van der Waals surface area contributed by atoms with Crippen LogP contribution >= 0.6 is 0 Å². The lowest BCUT2D eigenvalue weighted by atomic mass is 10.2. The molecule has 1 unspecified atom stereocenters. The zero-order valence-electron chi connectivity index (χ0n) is 7.14. The van der Waals surface area contributed by atoms with Gasteiger partial charge in [-0.25, -0.2) is 0 Å². The van der Waals surface area contributed by atoms with E-state index in [2.05, 4.69) is 25.3 Å². The highest BCUT2D eigenvalue weighted by atomic mass is 16.3. The molecule has 0 amide bonds. The van der Waals surface area contributed by atoms with E-state index in [1.165, 1.54) is 18.9 Å².